The van der Waals surface area contributed by atoms with Gasteiger partial charge in [0.2, 0.25) is 5.88 Å². The summed E-state index contributed by atoms with van der Waals surface area (Å²) in [5.74, 6) is -0.324. The van der Waals surface area contributed by atoms with Crippen molar-refractivity contribution in [3.05, 3.63) is 82.5 Å². The van der Waals surface area contributed by atoms with Crippen LogP contribution >= 0.6 is 11.6 Å². The first-order valence-corrected chi connectivity index (χ1v) is 24.3. The number of carbonyl (C=O) groups is 2. The summed E-state index contributed by atoms with van der Waals surface area (Å²) in [4.78, 5) is 35.2. The van der Waals surface area contributed by atoms with E-state index in [4.69, 9.17) is 35.3 Å². The van der Waals surface area contributed by atoms with Gasteiger partial charge in [-0.15, -0.1) is 11.7 Å². The summed E-state index contributed by atoms with van der Waals surface area (Å²) >= 11 is 6.51. The minimum absolute atomic E-state index is 0.0654. The SMILES string of the molecule is C=C[C@H](OC)[C@@H]1CC[C@H]1CN1Cc2ccc(Cl)cc2CCCCOc2ccc(C(=O)/N=[SH](=O)\C(NC(=O)c3cn(C)nc3OC)[C@@H](C)[C@H](C)OCCN3CCN(C4COC4)CC3)cc21. The lowest BCUT2D eigenvalue weighted by Gasteiger charge is -2.43. The molecule has 0 spiro atoms. The number of hydrogen-bond acceptors (Lipinski definition) is 12. The standard InChI is InChI=1S/C47H66ClN7O8S/c1-7-42(59-5)39-15-12-36(39)27-55-26-35-11-14-37(48)24-33(35)10-8-9-22-63-43-16-13-34(25-41(43)55)44(56)51-64(58)47(49-45(57)40-28-52(4)50-46(40)60-6)31(2)32(3)62-23-21-53-17-19-54(20-18-53)38-29-61-30-38/h7,11,13-14,16,24-25,28,31-32,36,38-39,42,47,64H,1,8-10,12,15,17-23,26-27,29-30H2,2-6H3,(H,49,57)/t31-,32-,36-,39+,42-,47?/m0/s1. The summed E-state index contributed by atoms with van der Waals surface area (Å²) in [5, 5.41) is 6.79. The molecular weight excluding hydrogens is 858 g/mol. The van der Waals surface area contributed by atoms with Crippen LogP contribution in [0.5, 0.6) is 11.6 Å². The van der Waals surface area contributed by atoms with Gasteiger partial charge in [-0.05, 0) is 92.3 Å². The van der Waals surface area contributed by atoms with Crippen LogP contribution in [0.1, 0.15) is 71.4 Å². The van der Waals surface area contributed by atoms with Crippen LogP contribution in [0.25, 0.3) is 0 Å². The van der Waals surface area contributed by atoms with Crippen molar-refractivity contribution in [2.75, 3.05) is 84.8 Å². The van der Waals surface area contributed by atoms with Crippen LogP contribution in [0, 0.1) is 17.8 Å². The van der Waals surface area contributed by atoms with Crippen molar-refractivity contribution < 1.29 is 37.5 Å². The summed E-state index contributed by atoms with van der Waals surface area (Å²) in [6.07, 6.45) is 7.61. The van der Waals surface area contributed by atoms with E-state index in [9.17, 15) is 13.8 Å². The highest BCUT2D eigenvalue weighted by Crippen LogP contribution is 2.42. The number of hydrogen-bond donors (Lipinski definition) is 2. The predicted molar refractivity (Wildman–Crippen MR) is 249 cm³/mol. The maximum Gasteiger partial charge on any atom is 0.285 e. The molecule has 1 aliphatic carbocycles. The van der Waals surface area contributed by atoms with E-state index in [1.807, 2.05) is 32.1 Å². The molecule has 2 unspecified atom stereocenters. The van der Waals surface area contributed by atoms with Crippen LogP contribution in [0.3, 0.4) is 0 Å². The average Bonchev–Trinajstić information content (AvgIpc) is 3.65. The van der Waals surface area contributed by atoms with E-state index in [0.29, 0.717) is 55.0 Å². The molecule has 2 saturated heterocycles. The van der Waals surface area contributed by atoms with Crippen molar-refractivity contribution >= 4 is 39.7 Å². The molecule has 17 heteroatoms. The van der Waals surface area contributed by atoms with Crippen LogP contribution in [-0.2, 0) is 44.8 Å². The Bertz CT molecular complexity index is 2170. The molecule has 2 amide bonds. The molecule has 350 valence electrons. The number of anilines is 1. The maximum atomic E-state index is 14.5. The monoisotopic (exact) mass is 923 g/mol. The fourth-order valence-corrected chi connectivity index (χ4v) is 10.7. The number of fused-ring (bicyclic) bond motifs is 2. The topological polar surface area (TPSA) is 149 Å². The predicted octanol–water partition coefficient (Wildman–Crippen LogP) is 5.65. The highest BCUT2D eigenvalue weighted by molar-refractivity contribution is 7.76. The van der Waals surface area contributed by atoms with Crippen molar-refractivity contribution in [1.29, 1.82) is 0 Å². The van der Waals surface area contributed by atoms with Gasteiger partial charge in [0.25, 0.3) is 11.8 Å². The number of methoxy groups -OCH3 is 2. The normalized spacial score (nSPS) is 22.2. The summed E-state index contributed by atoms with van der Waals surface area (Å²) < 4.78 is 49.6. The van der Waals surface area contributed by atoms with Crippen molar-refractivity contribution in [3.8, 4) is 11.6 Å². The molecule has 0 radical (unpaired) electrons. The van der Waals surface area contributed by atoms with E-state index in [2.05, 4.69) is 48.2 Å². The number of carbonyl (C=O) groups excluding carboxylic acids is 2. The van der Waals surface area contributed by atoms with Crippen LogP contribution < -0.4 is 19.7 Å². The van der Waals surface area contributed by atoms with Gasteiger partial charge in [0.15, 0.2) is 0 Å². The molecule has 3 aromatic rings. The van der Waals surface area contributed by atoms with Gasteiger partial charge in [-0.25, -0.2) is 0 Å². The van der Waals surface area contributed by atoms with E-state index in [1.54, 1.807) is 26.3 Å². The molecule has 15 nitrogen and oxygen atoms in total. The molecule has 64 heavy (non-hydrogen) atoms. The number of piperazine rings is 1. The van der Waals surface area contributed by atoms with Gasteiger partial charge in [-0.1, -0.05) is 30.7 Å². The van der Waals surface area contributed by atoms with Gasteiger partial charge in [-0.2, -0.15) is 4.36 Å². The Morgan fingerprint density at radius 1 is 1.08 bits per heavy atom. The van der Waals surface area contributed by atoms with E-state index in [0.717, 1.165) is 89.3 Å². The highest BCUT2D eigenvalue weighted by Gasteiger charge is 2.38. The molecule has 7 atom stereocenters. The smallest absolute Gasteiger partial charge is 0.285 e. The lowest BCUT2D eigenvalue weighted by Crippen LogP contribution is -2.56. The van der Waals surface area contributed by atoms with Crippen molar-refractivity contribution in [2.45, 2.75) is 76.1 Å². The zero-order valence-electron chi connectivity index (χ0n) is 38.0. The quantitative estimate of drug-likeness (QED) is 0.127. The summed E-state index contributed by atoms with van der Waals surface area (Å²) in [6, 6.07) is 11.9. The fraction of sp³-hybridized carbons (Fsp3) is 0.596. The summed E-state index contributed by atoms with van der Waals surface area (Å²) in [7, 11) is 2.13. The molecule has 7 rings (SSSR count). The number of halogens is 1. The van der Waals surface area contributed by atoms with Gasteiger partial charge in [0.05, 0.1) is 68.1 Å². The maximum absolute atomic E-state index is 14.5. The Morgan fingerprint density at radius 3 is 2.56 bits per heavy atom. The van der Waals surface area contributed by atoms with Gasteiger partial charge in [0.1, 0.15) is 16.7 Å². The number of thiol groups is 1. The minimum atomic E-state index is -2.71. The fourth-order valence-electron chi connectivity index (χ4n) is 9.18. The molecule has 0 bridgehead atoms. The van der Waals surface area contributed by atoms with E-state index < -0.39 is 39.8 Å². The number of aromatic nitrogens is 2. The molecule has 4 heterocycles. The van der Waals surface area contributed by atoms with Crippen molar-refractivity contribution in [2.24, 2.45) is 29.2 Å². The van der Waals surface area contributed by atoms with Crippen LogP contribution in [0.2, 0.25) is 5.02 Å². The highest BCUT2D eigenvalue weighted by atomic mass is 35.5. The van der Waals surface area contributed by atoms with Gasteiger partial charge >= 0.3 is 0 Å². The first-order valence-electron chi connectivity index (χ1n) is 22.7. The number of benzene rings is 2. The third-order valence-corrected chi connectivity index (χ3v) is 15.2. The molecule has 4 aliphatic rings. The number of nitrogens with zero attached hydrogens (tertiary/aromatic N) is 6. The summed E-state index contributed by atoms with van der Waals surface area (Å²) in [5.41, 5.74) is 3.52. The Balaban J connectivity index is 1.14. The molecule has 3 fully saturated rings. The first kappa shape index (κ1) is 47.9. The van der Waals surface area contributed by atoms with E-state index in [1.165, 1.54) is 23.6 Å². The molecule has 1 saturated carbocycles. The second-order valence-electron chi connectivity index (χ2n) is 17.6. The minimum Gasteiger partial charge on any atom is -0.491 e. The molecule has 1 aromatic heterocycles. The average molecular weight is 925 g/mol. The van der Waals surface area contributed by atoms with Crippen molar-refractivity contribution in [1.82, 2.24) is 24.9 Å². The largest absolute Gasteiger partial charge is 0.491 e. The molecule has 3 aliphatic heterocycles. The zero-order chi connectivity index (χ0) is 45.3. The third-order valence-electron chi connectivity index (χ3n) is 13.5. The van der Waals surface area contributed by atoms with E-state index >= 15 is 0 Å². The van der Waals surface area contributed by atoms with Crippen molar-refractivity contribution in [3.63, 3.8) is 0 Å². The number of aryl methyl sites for hydroxylation is 2. The third kappa shape index (κ3) is 11.7. The van der Waals surface area contributed by atoms with Gasteiger partial charge in [-0.3, -0.25) is 28.3 Å². The molecular formula is C47H66ClN7O8S. The second-order valence-corrected chi connectivity index (χ2v) is 19.4. The zero-order valence-corrected chi connectivity index (χ0v) is 39.6. The molecule has 1 N–H and O–H groups in total. The molecule has 2 aromatic carbocycles. The Labute approximate surface area is 384 Å². The lowest BCUT2D eigenvalue weighted by molar-refractivity contribution is -0.0790. The number of ether oxygens (including phenoxy) is 5. The Morgan fingerprint density at radius 2 is 1.88 bits per heavy atom. The number of nitrogens with one attached hydrogen (secondary N) is 1. The first-order chi connectivity index (χ1) is 31.0. The van der Waals surface area contributed by atoms with Crippen LogP contribution in [-0.4, -0.2) is 139 Å². The lowest BCUT2D eigenvalue weighted by atomic mass is 9.70. The summed E-state index contributed by atoms with van der Waals surface area (Å²) in [6.45, 7) is 16.2. The number of rotatable bonds is 17. The van der Waals surface area contributed by atoms with E-state index in [-0.39, 0.29) is 23.1 Å². The number of amides is 2. The Kier molecular flexibility index (Phi) is 16.8. The Hall–Kier alpha value is -4.03. The van der Waals surface area contributed by atoms with Gasteiger partial charge < -0.3 is 33.9 Å². The van der Waals surface area contributed by atoms with Crippen LogP contribution in [0.4, 0.5) is 5.69 Å². The van der Waals surface area contributed by atoms with Gasteiger partial charge in [0, 0.05) is 82.7 Å². The van der Waals surface area contributed by atoms with Crippen LogP contribution in [0.15, 0.2) is 59.6 Å². The second kappa shape index (κ2) is 22.4.